The van der Waals surface area contributed by atoms with Crippen molar-refractivity contribution >= 4 is 5.91 Å². The largest absolute Gasteiger partial charge is 0.494 e. The van der Waals surface area contributed by atoms with Crippen LogP contribution in [-0.2, 0) is 6.54 Å². The number of hydrogen-bond donors (Lipinski definition) is 1. The first kappa shape index (κ1) is 20.3. The Balaban J connectivity index is 1.38. The molecule has 0 spiro atoms. The topological polar surface area (TPSA) is 54.5 Å². The zero-order valence-corrected chi connectivity index (χ0v) is 16.8. The van der Waals surface area contributed by atoms with E-state index in [1.807, 2.05) is 6.07 Å². The van der Waals surface area contributed by atoms with E-state index in [0.29, 0.717) is 24.8 Å². The Labute approximate surface area is 168 Å². The van der Waals surface area contributed by atoms with Crippen LogP contribution in [0.15, 0.2) is 48.8 Å². The molecule has 1 amide bonds. The van der Waals surface area contributed by atoms with Crippen LogP contribution in [0.25, 0.3) is 0 Å². The smallest absolute Gasteiger partial charge is 0.252 e. The summed E-state index contributed by atoms with van der Waals surface area (Å²) in [6.07, 6.45) is 10.7. The molecule has 1 saturated carbocycles. The maximum absolute atomic E-state index is 12.0. The number of pyridine rings is 1. The van der Waals surface area contributed by atoms with Gasteiger partial charge in [-0.1, -0.05) is 31.4 Å². The minimum atomic E-state index is -0.0964. The first-order valence-electron chi connectivity index (χ1n) is 10.3. The number of rotatable bonds is 9. The summed E-state index contributed by atoms with van der Waals surface area (Å²) in [7, 11) is 2.23. The molecule has 28 heavy (non-hydrogen) atoms. The second-order valence-corrected chi connectivity index (χ2v) is 7.55. The number of amides is 1. The van der Waals surface area contributed by atoms with Crippen LogP contribution in [0.3, 0.4) is 0 Å². The molecule has 0 aliphatic heterocycles. The van der Waals surface area contributed by atoms with Crippen molar-refractivity contribution in [1.82, 2.24) is 15.2 Å². The Bertz CT molecular complexity index is 730. The molecular formula is C23H31N3O2. The van der Waals surface area contributed by atoms with Crippen molar-refractivity contribution in [3.63, 3.8) is 0 Å². The van der Waals surface area contributed by atoms with Crippen LogP contribution < -0.4 is 10.1 Å². The van der Waals surface area contributed by atoms with E-state index in [-0.39, 0.29) is 5.91 Å². The summed E-state index contributed by atoms with van der Waals surface area (Å²) in [4.78, 5) is 18.4. The molecule has 1 aromatic carbocycles. The predicted octanol–water partition coefficient (Wildman–Crippen LogP) is 4.05. The quantitative estimate of drug-likeness (QED) is 0.666. The number of carbonyl (C=O) groups is 1. The molecule has 0 radical (unpaired) electrons. The highest BCUT2D eigenvalue weighted by Gasteiger charge is 2.18. The third kappa shape index (κ3) is 6.34. The minimum Gasteiger partial charge on any atom is -0.494 e. The molecule has 1 N–H and O–H groups in total. The lowest BCUT2D eigenvalue weighted by atomic mass is 9.94. The lowest BCUT2D eigenvalue weighted by molar-refractivity contribution is 0.0951. The van der Waals surface area contributed by atoms with E-state index >= 15 is 0 Å². The highest BCUT2D eigenvalue weighted by Crippen LogP contribution is 2.23. The fourth-order valence-electron chi connectivity index (χ4n) is 3.74. The number of benzene rings is 1. The van der Waals surface area contributed by atoms with Gasteiger partial charge in [-0.25, -0.2) is 0 Å². The van der Waals surface area contributed by atoms with Gasteiger partial charge in [0.1, 0.15) is 5.75 Å². The number of carbonyl (C=O) groups excluding carboxylic acids is 1. The second-order valence-electron chi connectivity index (χ2n) is 7.55. The molecule has 5 nitrogen and oxygen atoms in total. The zero-order valence-electron chi connectivity index (χ0n) is 16.8. The minimum absolute atomic E-state index is 0.0964. The van der Waals surface area contributed by atoms with Crippen LogP contribution in [0, 0.1) is 0 Å². The van der Waals surface area contributed by atoms with Crippen LogP contribution >= 0.6 is 0 Å². The van der Waals surface area contributed by atoms with Gasteiger partial charge >= 0.3 is 0 Å². The summed E-state index contributed by atoms with van der Waals surface area (Å²) in [5.41, 5.74) is 1.87. The van der Waals surface area contributed by atoms with Crippen molar-refractivity contribution in [3.05, 3.63) is 59.9 Å². The molecule has 150 valence electrons. The maximum Gasteiger partial charge on any atom is 0.252 e. The Kier molecular flexibility index (Phi) is 7.85. The highest BCUT2D eigenvalue weighted by atomic mass is 16.5. The SMILES string of the molecule is CN(Cc1cccc(OCCCNC(=O)c2cccnc2)c1)C1CCCCC1. The summed E-state index contributed by atoms with van der Waals surface area (Å²) in [5, 5.41) is 2.89. The first-order chi connectivity index (χ1) is 13.7. The van der Waals surface area contributed by atoms with Gasteiger partial charge in [0.15, 0.2) is 0 Å². The van der Waals surface area contributed by atoms with E-state index in [1.165, 1.54) is 37.7 Å². The molecule has 2 aromatic rings. The molecule has 0 atom stereocenters. The van der Waals surface area contributed by atoms with Gasteiger partial charge in [0.25, 0.3) is 5.91 Å². The summed E-state index contributed by atoms with van der Waals surface area (Å²) in [6.45, 7) is 2.12. The van der Waals surface area contributed by atoms with Gasteiger partial charge in [-0.05, 0) is 56.1 Å². The van der Waals surface area contributed by atoms with Crippen LogP contribution in [-0.4, -0.2) is 42.0 Å². The van der Waals surface area contributed by atoms with Gasteiger partial charge in [0.2, 0.25) is 0 Å². The number of aromatic nitrogens is 1. The third-order valence-corrected chi connectivity index (χ3v) is 5.33. The predicted molar refractivity (Wildman–Crippen MR) is 111 cm³/mol. The second kappa shape index (κ2) is 10.8. The summed E-state index contributed by atoms with van der Waals surface area (Å²) in [6, 6.07) is 12.6. The van der Waals surface area contributed by atoms with Gasteiger partial charge in [0, 0.05) is 31.5 Å². The summed E-state index contributed by atoms with van der Waals surface area (Å²) in [5.74, 6) is 0.800. The zero-order chi connectivity index (χ0) is 19.6. The average molecular weight is 382 g/mol. The van der Waals surface area contributed by atoms with Gasteiger partial charge < -0.3 is 10.1 Å². The van der Waals surface area contributed by atoms with E-state index in [1.54, 1.807) is 24.5 Å². The molecule has 5 heteroatoms. The number of nitrogens with one attached hydrogen (secondary N) is 1. The fraction of sp³-hybridized carbons (Fsp3) is 0.478. The van der Waals surface area contributed by atoms with Crippen molar-refractivity contribution in [2.75, 3.05) is 20.2 Å². The monoisotopic (exact) mass is 381 g/mol. The Morgan fingerprint density at radius 1 is 1.21 bits per heavy atom. The summed E-state index contributed by atoms with van der Waals surface area (Å²) >= 11 is 0. The van der Waals surface area contributed by atoms with Crippen molar-refractivity contribution in [3.8, 4) is 5.75 Å². The van der Waals surface area contributed by atoms with Gasteiger partial charge in [-0.15, -0.1) is 0 Å². The lowest BCUT2D eigenvalue weighted by Crippen LogP contribution is -2.32. The van der Waals surface area contributed by atoms with E-state index in [0.717, 1.165) is 18.7 Å². The van der Waals surface area contributed by atoms with Crippen LogP contribution in [0.1, 0.15) is 54.4 Å². The Morgan fingerprint density at radius 3 is 2.86 bits per heavy atom. The molecule has 3 rings (SSSR count). The van der Waals surface area contributed by atoms with Crippen molar-refractivity contribution < 1.29 is 9.53 Å². The van der Waals surface area contributed by atoms with Crippen molar-refractivity contribution in [1.29, 1.82) is 0 Å². The third-order valence-electron chi connectivity index (χ3n) is 5.33. The van der Waals surface area contributed by atoms with E-state index in [9.17, 15) is 4.79 Å². The summed E-state index contributed by atoms with van der Waals surface area (Å²) < 4.78 is 5.88. The number of ether oxygens (including phenoxy) is 1. The van der Waals surface area contributed by atoms with Gasteiger partial charge in [-0.3, -0.25) is 14.7 Å². The van der Waals surface area contributed by atoms with E-state index in [4.69, 9.17) is 4.74 Å². The molecule has 1 heterocycles. The molecule has 0 bridgehead atoms. The fourth-order valence-corrected chi connectivity index (χ4v) is 3.74. The molecule has 1 fully saturated rings. The average Bonchev–Trinajstić information content (AvgIpc) is 2.75. The Morgan fingerprint density at radius 2 is 2.07 bits per heavy atom. The Hall–Kier alpha value is -2.40. The number of nitrogens with zero attached hydrogens (tertiary/aromatic N) is 2. The lowest BCUT2D eigenvalue weighted by Gasteiger charge is -2.31. The van der Waals surface area contributed by atoms with Crippen LogP contribution in [0.5, 0.6) is 5.75 Å². The van der Waals surface area contributed by atoms with Crippen LogP contribution in [0.2, 0.25) is 0 Å². The first-order valence-corrected chi connectivity index (χ1v) is 10.3. The molecule has 0 saturated heterocycles. The van der Waals surface area contributed by atoms with Crippen LogP contribution in [0.4, 0.5) is 0 Å². The normalized spacial score (nSPS) is 14.8. The molecular weight excluding hydrogens is 350 g/mol. The molecule has 1 aliphatic rings. The molecule has 1 aliphatic carbocycles. The molecule has 0 unspecified atom stereocenters. The van der Waals surface area contributed by atoms with E-state index < -0.39 is 0 Å². The highest BCUT2D eigenvalue weighted by molar-refractivity contribution is 5.93. The van der Waals surface area contributed by atoms with Crippen molar-refractivity contribution in [2.45, 2.75) is 51.1 Å². The van der Waals surface area contributed by atoms with Crippen molar-refractivity contribution in [2.24, 2.45) is 0 Å². The van der Waals surface area contributed by atoms with Gasteiger partial charge in [0.05, 0.1) is 12.2 Å². The van der Waals surface area contributed by atoms with E-state index in [2.05, 4.69) is 40.4 Å². The van der Waals surface area contributed by atoms with Gasteiger partial charge in [-0.2, -0.15) is 0 Å². The standard InChI is InChI=1S/C23H31N3O2/c1-26(21-10-3-2-4-11-21)18-19-8-5-12-22(16-19)28-15-7-14-25-23(27)20-9-6-13-24-17-20/h5-6,8-9,12-13,16-17,21H,2-4,7,10-11,14-15,18H2,1H3,(H,25,27). The number of hydrogen-bond acceptors (Lipinski definition) is 4. The maximum atomic E-state index is 12.0. The molecule has 1 aromatic heterocycles.